The number of carbonyl (C=O) groups is 2. The van der Waals surface area contributed by atoms with E-state index in [1.807, 2.05) is 0 Å². The number of carbonyl (C=O) groups excluding carboxylic acids is 2. The molecule has 0 bridgehead atoms. The van der Waals surface area contributed by atoms with Crippen molar-refractivity contribution < 1.29 is 23.1 Å². The van der Waals surface area contributed by atoms with Gasteiger partial charge in [0.2, 0.25) is 5.88 Å². The first-order chi connectivity index (χ1) is 14.8. The second-order valence-electron chi connectivity index (χ2n) is 7.41. The van der Waals surface area contributed by atoms with E-state index in [0.29, 0.717) is 12.6 Å². The Hall–Kier alpha value is -2.79. The predicted molar refractivity (Wildman–Crippen MR) is 113 cm³/mol. The average molecular weight is 454 g/mol. The normalized spacial score (nSPS) is 17.4. The Balaban J connectivity index is 1.63. The fourth-order valence-electron chi connectivity index (χ4n) is 3.57. The molecule has 0 saturated carbocycles. The summed E-state index contributed by atoms with van der Waals surface area (Å²) < 4.78 is 37.1. The van der Waals surface area contributed by atoms with Gasteiger partial charge in [0, 0.05) is 18.2 Å². The molecule has 1 aromatic carbocycles. The minimum absolute atomic E-state index is 0.0347. The lowest BCUT2D eigenvalue weighted by Gasteiger charge is -2.19. The van der Waals surface area contributed by atoms with Crippen molar-refractivity contribution in [3.8, 4) is 5.88 Å². The van der Waals surface area contributed by atoms with Gasteiger partial charge < -0.3 is 20.7 Å². The number of amides is 3. The smallest absolute Gasteiger partial charge is 0.319 e. The van der Waals surface area contributed by atoms with E-state index < -0.39 is 29.7 Å². The molecule has 2 heterocycles. The van der Waals surface area contributed by atoms with Crippen LogP contribution in [0.2, 0.25) is 0 Å². The van der Waals surface area contributed by atoms with Crippen molar-refractivity contribution in [1.82, 2.24) is 14.6 Å². The fourth-order valence-corrected chi connectivity index (χ4v) is 4.29. The van der Waals surface area contributed by atoms with Gasteiger partial charge in [-0.2, -0.15) is 4.37 Å². The van der Waals surface area contributed by atoms with Crippen LogP contribution >= 0.6 is 11.5 Å². The first kappa shape index (κ1) is 22.9. The fraction of sp³-hybridized carbons (Fsp3) is 0.450. The Kier molecular flexibility index (Phi) is 7.39. The van der Waals surface area contributed by atoms with E-state index in [2.05, 4.69) is 27.0 Å². The van der Waals surface area contributed by atoms with Crippen LogP contribution in [0.1, 0.15) is 48.2 Å². The number of hydrogen-bond acceptors (Lipinski definition) is 6. The number of nitrogens with one attached hydrogen (secondary N) is 2. The van der Waals surface area contributed by atoms with Crippen molar-refractivity contribution in [2.75, 3.05) is 25.5 Å². The largest absolute Gasteiger partial charge is 0.468 e. The van der Waals surface area contributed by atoms with Gasteiger partial charge in [-0.25, -0.2) is 13.6 Å². The molecule has 11 heteroatoms. The molecule has 31 heavy (non-hydrogen) atoms. The molecule has 8 nitrogen and oxygen atoms in total. The van der Waals surface area contributed by atoms with Gasteiger partial charge in [0.15, 0.2) is 11.6 Å². The van der Waals surface area contributed by atoms with Gasteiger partial charge >= 0.3 is 6.03 Å². The van der Waals surface area contributed by atoms with Crippen LogP contribution in [0.4, 0.5) is 18.6 Å². The third kappa shape index (κ3) is 5.47. The number of ether oxygens (including phenoxy) is 1. The summed E-state index contributed by atoms with van der Waals surface area (Å²) >= 11 is 0.813. The lowest BCUT2D eigenvalue weighted by atomic mass is 10.1. The predicted octanol–water partition coefficient (Wildman–Crippen LogP) is 3.27. The lowest BCUT2D eigenvalue weighted by Crippen LogP contribution is -2.34. The molecule has 4 N–H and O–H groups in total. The highest BCUT2D eigenvalue weighted by atomic mass is 32.1. The van der Waals surface area contributed by atoms with Crippen LogP contribution in [0.5, 0.6) is 5.88 Å². The molecule has 168 valence electrons. The van der Waals surface area contributed by atoms with Gasteiger partial charge in [-0.15, -0.1) is 0 Å². The number of anilines is 1. The minimum Gasteiger partial charge on any atom is -0.468 e. The Bertz CT molecular complexity index is 955. The molecule has 3 amide bonds. The number of benzene rings is 1. The molecule has 0 spiro atoms. The number of aromatic nitrogens is 1. The van der Waals surface area contributed by atoms with Crippen molar-refractivity contribution in [3.63, 3.8) is 0 Å². The molecule has 1 saturated heterocycles. The summed E-state index contributed by atoms with van der Waals surface area (Å²) in [6.07, 6.45) is 2.13. The summed E-state index contributed by atoms with van der Waals surface area (Å²) in [4.78, 5) is 26.4. The first-order valence-electron chi connectivity index (χ1n) is 9.93. The summed E-state index contributed by atoms with van der Waals surface area (Å²) in [5, 5.41) is 5.43. The summed E-state index contributed by atoms with van der Waals surface area (Å²) in [6, 6.07) is 3.66. The van der Waals surface area contributed by atoms with Crippen LogP contribution in [-0.4, -0.2) is 47.4 Å². The SMILES string of the molecule is CC(Oc1nsc(NC(=O)NCCC2CCCN2C)c1C(N)=O)c1cccc(F)c1F. The van der Waals surface area contributed by atoms with E-state index in [0.717, 1.165) is 43.4 Å². The molecule has 1 aliphatic rings. The topological polar surface area (TPSA) is 110 Å². The van der Waals surface area contributed by atoms with Crippen LogP contribution in [0.25, 0.3) is 0 Å². The molecule has 2 atom stereocenters. The third-order valence-corrected chi connectivity index (χ3v) is 6.02. The molecular weight excluding hydrogens is 428 g/mol. The van der Waals surface area contributed by atoms with Crippen molar-refractivity contribution >= 4 is 28.5 Å². The monoisotopic (exact) mass is 453 g/mol. The highest BCUT2D eigenvalue weighted by Gasteiger charge is 2.25. The zero-order valence-corrected chi connectivity index (χ0v) is 18.1. The van der Waals surface area contributed by atoms with Gasteiger partial charge in [-0.3, -0.25) is 10.1 Å². The van der Waals surface area contributed by atoms with Crippen LogP contribution in [0.15, 0.2) is 18.2 Å². The van der Waals surface area contributed by atoms with E-state index in [1.54, 1.807) is 0 Å². The summed E-state index contributed by atoms with van der Waals surface area (Å²) in [7, 11) is 2.06. The summed E-state index contributed by atoms with van der Waals surface area (Å²) in [5.41, 5.74) is 5.28. The standard InChI is InChI=1S/C20H25F2N5O3S/c1-11(13-6-3-7-14(21)16(13)22)30-18-15(17(23)28)19(31-26-18)25-20(29)24-9-8-12-5-4-10-27(12)2/h3,6-7,11-12H,4-5,8-10H2,1-2H3,(H2,23,28)(H2,24,25,29). The number of nitrogens with zero attached hydrogens (tertiary/aromatic N) is 2. The number of halogens is 2. The van der Waals surface area contributed by atoms with E-state index in [4.69, 9.17) is 10.5 Å². The number of rotatable bonds is 8. The van der Waals surface area contributed by atoms with Crippen molar-refractivity contribution in [2.45, 2.75) is 38.3 Å². The Morgan fingerprint density at radius 2 is 2.19 bits per heavy atom. The molecular formula is C20H25F2N5O3S. The molecule has 1 fully saturated rings. The summed E-state index contributed by atoms with van der Waals surface area (Å²) in [5.74, 6) is -3.07. The molecule has 0 aliphatic carbocycles. The second kappa shape index (κ2) is 10.0. The van der Waals surface area contributed by atoms with Crippen molar-refractivity contribution in [1.29, 1.82) is 0 Å². The molecule has 1 aliphatic heterocycles. The first-order valence-corrected chi connectivity index (χ1v) is 10.7. The van der Waals surface area contributed by atoms with Gasteiger partial charge in [-0.1, -0.05) is 12.1 Å². The second-order valence-corrected chi connectivity index (χ2v) is 8.18. The van der Waals surface area contributed by atoms with E-state index in [9.17, 15) is 18.4 Å². The Morgan fingerprint density at radius 1 is 1.42 bits per heavy atom. The quantitative estimate of drug-likeness (QED) is 0.568. The van der Waals surface area contributed by atoms with Crippen molar-refractivity contribution in [2.24, 2.45) is 5.73 Å². The van der Waals surface area contributed by atoms with E-state index in [-0.39, 0.29) is 22.0 Å². The number of urea groups is 1. The maximum atomic E-state index is 14.0. The van der Waals surface area contributed by atoms with Crippen LogP contribution < -0.4 is 21.1 Å². The number of hydrogen-bond donors (Lipinski definition) is 3. The lowest BCUT2D eigenvalue weighted by molar-refractivity contribution is 0.0994. The molecule has 2 unspecified atom stereocenters. The van der Waals surface area contributed by atoms with Gasteiger partial charge in [0.25, 0.3) is 5.91 Å². The number of primary amides is 1. The maximum Gasteiger partial charge on any atom is 0.319 e. The Labute approximate surface area is 182 Å². The van der Waals surface area contributed by atoms with E-state index in [1.165, 1.54) is 19.1 Å². The highest BCUT2D eigenvalue weighted by molar-refractivity contribution is 7.11. The number of likely N-dealkylation sites (tertiary alicyclic amines) is 1. The zero-order chi connectivity index (χ0) is 22.5. The Morgan fingerprint density at radius 3 is 2.87 bits per heavy atom. The maximum absolute atomic E-state index is 14.0. The third-order valence-electron chi connectivity index (χ3n) is 5.28. The molecule has 3 rings (SSSR count). The molecule has 0 radical (unpaired) electrons. The van der Waals surface area contributed by atoms with Gasteiger partial charge in [0.05, 0.1) is 0 Å². The van der Waals surface area contributed by atoms with Gasteiger partial charge in [-0.05, 0) is 57.4 Å². The minimum atomic E-state index is -1.04. The van der Waals surface area contributed by atoms with E-state index >= 15 is 0 Å². The molecule has 1 aromatic heterocycles. The van der Waals surface area contributed by atoms with Gasteiger partial charge in [0.1, 0.15) is 16.7 Å². The van der Waals surface area contributed by atoms with Crippen LogP contribution in [0, 0.1) is 11.6 Å². The average Bonchev–Trinajstić information content (AvgIpc) is 3.30. The van der Waals surface area contributed by atoms with Crippen LogP contribution in [-0.2, 0) is 0 Å². The van der Waals surface area contributed by atoms with Crippen molar-refractivity contribution in [3.05, 3.63) is 41.0 Å². The zero-order valence-electron chi connectivity index (χ0n) is 17.3. The van der Waals surface area contributed by atoms with Crippen LogP contribution in [0.3, 0.4) is 0 Å². The number of nitrogens with two attached hydrogens (primary N) is 1. The molecule has 2 aromatic rings. The highest BCUT2D eigenvalue weighted by Crippen LogP contribution is 2.33. The summed E-state index contributed by atoms with van der Waals surface area (Å²) in [6.45, 7) is 3.02.